The number of carboxylic acids is 2. The van der Waals surface area contributed by atoms with Crippen LogP contribution in [0.3, 0.4) is 0 Å². The van der Waals surface area contributed by atoms with Gasteiger partial charge in [-0.25, -0.2) is 14.6 Å². The molecule has 3 heterocycles. The molecule has 1 aromatic rings. The summed E-state index contributed by atoms with van der Waals surface area (Å²) in [6.45, 7) is 11.5. The molecule has 2 aliphatic rings. The summed E-state index contributed by atoms with van der Waals surface area (Å²) < 4.78 is 75.5. The van der Waals surface area contributed by atoms with Crippen molar-refractivity contribution in [3.05, 3.63) is 16.6 Å². The molecule has 0 radical (unpaired) electrons. The lowest BCUT2D eigenvalue weighted by Gasteiger charge is -2.43. The number of nitrogens with zero attached hydrogens (tertiary/aromatic N) is 3. The molecule has 0 bridgehead atoms. The summed E-state index contributed by atoms with van der Waals surface area (Å²) in [5.41, 5.74) is -0.184. The molecule has 0 aliphatic carbocycles. The van der Waals surface area contributed by atoms with E-state index >= 15 is 0 Å². The van der Waals surface area contributed by atoms with Crippen LogP contribution < -0.4 is 0 Å². The predicted octanol–water partition coefficient (Wildman–Crippen LogP) is 2.72. The first-order valence-corrected chi connectivity index (χ1v) is 11.1. The summed E-state index contributed by atoms with van der Waals surface area (Å²) in [7, 11) is 0. The number of carboxylic acid groups (broad SMARTS) is 2. The minimum atomic E-state index is -5.08. The highest BCUT2D eigenvalue weighted by Crippen LogP contribution is 2.25. The van der Waals surface area contributed by atoms with Crippen molar-refractivity contribution in [2.45, 2.75) is 44.4 Å². The molecule has 1 aromatic heterocycles. The fourth-order valence-corrected chi connectivity index (χ4v) is 3.80. The lowest BCUT2D eigenvalue weighted by atomic mass is 10.0. The van der Waals surface area contributed by atoms with E-state index in [-0.39, 0.29) is 5.60 Å². The zero-order valence-corrected chi connectivity index (χ0v) is 19.8. The number of ether oxygens (including phenoxy) is 2. The molecule has 35 heavy (non-hydrogen) atoms. The Morgan fingerprint density at radius 1 is 1.09 bits per heavy atom. The number of aromatic nitrogens is 1. The van der Waals surface area contributed by atoms with E-state index in [1.54, 1.807) is 11.3 Å². The lowest BCUT2D eigenvalue weighted by Crippen LogP contribution is -2.59. The molecule has 2 fully saturated rings. The Kier molecular flexibility index (Phi) is 11.8. The number of hydrogen-bond acceptors (Lipinski definition) is 8. The quantitative estimate of drug-likeness (QED) is 0.560. The van der Waals surface area contributed by atoms with E-state index in [9.17, 15) is 26.3 Å². The van der Waals surface area contributed by atoms with Gasteiger partial charge in [-0.2, -0.15) is 26.3 Å². The summed E-state index contributed by atoms with van der Waals surface area (Å²) in [6, 6.07) is 0.529. The highest BCUT2D eigenvalue weighted by molar-refractivity contribution is 7.09. The van der Waals surface area contributed by atoms with Crippen LogP contribution in [0.2, 0.25) is 0 Å². The van der Waals surface area contributed by atoms with E-state index in [0.29, 0.717) is 12.6 Å². The SMILES string of the molecule is CC(C)N1CCOCC2(CN(Cc3nccs3)CCO2)C1.O=C(O)C(F)(F)F.O=C(O)C(F)(F)F. The van der Waals surface area contributed by atoms with E-state index in [0.717, 1.165) is 45.9 Å². The summed E-state index contributed by atoms with van der Waals surface area (Å²) in [4.78, 5) is 27.1. The topological polar surface area (TPSA) is 112 Å². The standard InChI is InChI=1S/C15H25N3O2S.2C2HF3O2/c1-13(2)18-5-6-19-12-15(11-18)10-17(4-7-20-15)9-14-16-3-8-21-14;2*3-2(4,5)1(6)7/h3,8,13H,4-7,9-12H2,1-2H3;2*(H,6,7). The van der Waals surface area contributed by atoms with Crippen LogP contribution in [0.4, 0.5) is 26.3 Å². The molecular formula is C19H27F6N3O6S. The third-order valence-corrected chi connectivity index (χ3v) is 5.53. The number of thiazole rings is 1. The molecule has 1 atom stereocenters. The van der Waals surface area contributed by atoms with E-state index in [4.69, 9.17) is 29.3 Å². The Morgan fingerprint density at radius 3 is 2.11 bits per heavy atom. The van der Waals surface area contributed by atoms with E-state index < -0.39 is 24.3 Å². The zero-order valence-electron chi connectivity index (χ0n) is 18.9. The molecule has 1 spiro atoms. The Morgan fingerprint density at radius 2 is 1.66 bits per heavy atom. The van der Waals surface area contributed by atoms with E-state index in [1.165, 1.54) is 5.01 Å². The number of carbonyl (C=O) groups is 2. The summed E-state index contributed by atoms with van der Waals surface area (Å²) in [6.07, 6.45) is -8.29. The molecule has 0 saturated carbocycles. The van der Waals surface area contributed by atoms with Crippen LogP contribution in [0.25, 0.3) is 0 Å². The van der Waals surface area contributed by atoms with Crippen LogP contribution in [0.1, 0.15) is 18.9 Å². The van der Waals surface area contributed by atoms with Gasteiger partial charge in [-0.15, -0.1) is 11.3 Å². The molecule has 2 N–H and O–H groups in total. The fraction of sp³-hybridized carbons (Fsp3) is 0.737. The average Bonchev–Trinajstić information content (AvgIpc) is 3.14. The Balaban J connectivity index is 0.000000362. The summed E-state index contributed by atoms with van der Waals surface area (Å²) in [5, 5.41) is 17.5. The van der Waals surface area contributed by atoms with Gasteiger partial charge in [0.15, 0.2) is 0 Å². The molecule has 0 aromatic carbocycles. The Bertz CT molecular complexity index is 769. The second kappa shape index (κ2) is 13.3. The van der Waals surface area contributed by atoms with Gasteiger partial charge in [-0.05, 0) is 13.8 Å². The summed E-state index contributed by atoms with van der Waals surface area (Å²) in [5.74, 6) is -5.51. The maximum atomic E-state index is 10.6. The number of aliphatic carboxylic acids is 2. The van der Waals surface area contributed by atoms with Gasteiger partial charge in [0.2, 0.25) is 0 Å². The number of morpholine rings is 1. The normalized spacial score (nSPS) is 22.0. The zero-order chi connectivity index (χ0) is 26.9. The third kappa shape index (κ3) is 11.5. The minimum Gasteiger partial charge on any atom is -0.475 e. The van der Waals surface area contributed by atoms with Crippen LogP contribution in [-0.2, 0) is 25.6 Å². The monoisotopic (exact) mass is 539 g/mol. The highest BCUT2D eigenvalue weighted by Gasteiger charge is 2.41. The van der Waals surface area contributed by atoms with Crippen molar-refractivity contribution in [1.29, 1.82) is 0 Å². The van der Waals surface area contributed by atoms with Gasteiger partial charge in [0.1, 0.15) is 10.6 Å². The summed E-state index contributed by atoms with van der Waals surface area (Å²) >= 11 is 1.73. The number of hydrogen-bond donors (Lipinski definition) is 2. The molecule has 3 rings (SSSR count). The first-order valence-electron chi connectivity index (χ1n) is 10.2. The predicted molar refractivity (Wildman–Crippen MR) is 111 cm³/mol. The van der Waals surface area contributed by atoms with Gasteiger partial charge >= 0.3 is 24.3 Å². The first kappa shape index (κ1) is 31.0. The van der Waals surface area contributed by atoms with E-state index in [2.05, 4.69) is 28.6 Å². The molecule has 0 amide bonds. The van der Waals surface area contributed by atoms with Crippen molar-refractivity contribution in [3.8, 4) is 0 Å². The van der Waals surface area contributed by atoms with Crippen molar-refractivity contribution < 1.29 is 55.6 Å². The van der Waals surface area contributed by atoms with Crippen molar-refractivity contribution in [1.82, 2.24) is 14.8 Å². The van der Waals surface area contributed by atoms with Crippen molar-refractivity contribution in [2.24, 2.45) is 0 Å². The van der Waals surface area contributed by atoms with Gasteiger partial charge in [0.25, 0.3) is 0 Å². The van der Waals surface area contributed by atoms with Crippen molar-refractivity contribution >= 4 is 23.3 Å². The van der Waals surface area contributed by atoms with Crippen LogP contribution in [0, 0.1) is 0 Å². The minimum absolute atomic E-state index is 0.184. The number of alkyl halides is 6. The third-order valence-electron chi connectivity index (χ3n) is 4.76. The molecular weight excluding hydrogens is 512 g/mol. The molecule has 1 unspecified atom stereocenters. The van der Waals surface area contributed by atoms with Gasteiger partial charge in [0.05, 0.1) is 26.4 Å². The second-order valence-corrected chi connectivity index (χ2v) is 8.87. The average molecular weight is 539 g/mol. The van der Waals surface area contributed by atoms with Gasteiger partial charge in [-0.1, -0.05) is 0 Å². The van der Waals surface area contributed by atoms with Crippen LogP contribution in [0.15, 0.2) is 11.6 Å². The highest BCUT2D eigenvalue weighted by atomic mass is 32.1. The van der Waals surface area contributed by atoms with Crippen molar-refractivity contribution in [2.75, 3.05) is 46.0 Å². The fourth-order valence-electron chi connectivity index (χ4n) is 3.14. The lowest BCUT2D eigenvalue weighted by molar-refractivity contribution is -0.193. The first-order chi connectivity index (χ1) is 16.1. The Hall–Kier alpha value is -2.01. The maximum Gasteiger partial charge on any atom is 0.490 e. The number of halogens is 6. The molecule has 2 aliphatic heterocycles. The van der Waals surface area contributed by atoms with Crippen LogP contribution >= 0.6 is 11.3 Å². The smallest absolute Gasteiger partial charge is 0.475 e. The molecule has 9 nitrogen and oxygen atoms in total. The van der Waals surface area contributed by atoms with E-state index in [1.807, 2.05) is 11.6 Å². The molecule has 16 heteroatoms. The van der Waals surface area contributed by atoms with Crippen molar-refractivity contribution in [3.63, 3.8) is 0 Å². The van der Waals surface area contributed by atoms with Crippen LogP contribution in [-0.4, -0.2) is 107 Å². The van der Waals surface area contributed by atoms with Gasteiger partial charge in [0, 0.05) is 43.8 Å². The molecule has 202 valence electrons. The maximum absolute atomic E-state index is 10.6. The largest absolute Gasteiger partial charge is 0.490 e. The van der Waals surface area contributed by atoms with Gasteiger partial charge in [-0.3, -0.25) is 9.80 Å². The number of rotatable bonds is 3. The second-order valence-electron chi connectivity index (χ2n) is 7.89. The molecule has 2 saturated heterocycles. The van der Waals surface area contributed by atoms with Crippen LogP contribution in [0.5, 0.6) is 0 Å². The Labute approximate surface area is 201 Å². The van der Waals surface area contributed by atoms with Gasteiger partial charge < -0.3 is 19.7 Å².